The van der Waals surface area contributed by atoms with E-state index < -0.39 is 44.0 Å². The summed E-state index contributed by atoms with van der Waals surface area (Å²) in [6, 6.07) is 4.73. The minimum absolute atomic E-state index is 0.0777. The fraction of sp³-hybridized carbons (Fsp3) is 0.0714. The average Bonchev–Trinajstić information content (AvgIpc) is 2.55. The molecule has 0 fully saturated rings. The Kier molecular flexibility index (Phi) is 5.19. The molecule has 0 spiro atoms. The third-order valence-corrected chi connectivity index (χ3v) is 4.99. The summed E-state index contributed by atoms with van der Waals surface area (Å²) >= 11 is 3.07. The van der Waals surface area contributed by atoms with Gasteiger partial charge in [-0.05, 0) is 46.3 Å². The van der Waals surface area contributed by atoms with Gasteiger partial charge in [0.1, 0.15) is 0 Å². The number of nitrogens with one attached hydrogen (secondary N) is 1. The molecule has 0 amide bonds. The lowest BCUT2D eigenvalue weighted by Gasteiger charge is -2.11. The number of carbonyl (C=O) groups is 1. The maximum absolute atomic E-state index is 13.6. The number of halogens is 4. The molecular formula is C14H9BrF3NO4S. The number of hydrogen-bond acceptors (Lipinski definition) is 4. The maximum Gasteiger partial charge on any atom is 0.339 e. The van der Waals surface area contributed by atoms with Crippen LogP contribution < -0.4 is 4.72 Å². The molecule has 2 aromatic carbocycles. The Morgan fingerprint density at radius 2 is 1.79 bits per heavy atom. The van der Waals surface area contributed by atoms with Crippen molar-refractivity contribution in [3.63, 3.8) is 0 Å². The zero-order valence-electron chi connectivity index (χ0n) is 11.9. The van der Waals surface area contributed by atoms with E-state index in [1.54, 1.807) is 4.72 Å². The molecule has 0 saturated carbocycles. The van der Waals surface area contributed by atoms with Crippen molar-refractivity contribution in [3.8, 4) is 0 Å². The van der Waals surface area contributed by atoms with E-state index in [4.69, 9.17) is 0 Å². The van der Waals surface area contributed by atoms with Crippen LogP contribution in [0.3, 0.4) is 0 Å². The third kappa shape index (κ3) is 3.54. The number of methoxy groups -OCH3 is 1. The van der Waals surface area contributed by atoms with Gasteiger partial charge >= 0.3 is 5.97 Å². The van der Waals surface area contributed by atoms with Crippen LogP contribution in [0.2, 0.25) is 0 Å². The first-order valence-electron chi connectivity index (χ1n) is 6.21. The predicted octanol–water partition coefficient (Wildman–Crippen LogP) is 3.45. The van der Waals surface area contributed by atoms with E-state index in [-0.39, 0.29) is 10.0 Å². The highest BCUT2D eigenvalue weighted by atomic mass is 79.9. The quantitative estimate of drug-likeness (QED) is 0.603. The first-order valence-corrected chi connectivity index (χ1v) is 8.49. The zero-order valence-corrected chi connectivity index (χ0v) is 14.3. The van der Waals surface area contributed by atoms with Crippen LogP contribution in [0.4, 0.5) is 18.9 Å². The van der Waals surface area contributed by atoms with Gasteiger partial charge in [0.05, 0.1) is 23.3 Å². The molecule has 5 nitrogen and oxygen atoms in total. The molecule has 1 N–H and O–H groups in total. The second-order valence-electron chi connectivity index (χ2n) is 4.46. The summed E-state index contributed by atoms with van der Waals surface area (Å²) < 4.78 is 70.8. The van der Waals surface area contributed by atoms with Gasteiger partial charge in [-0.1, -0.05) is 0 Å². The van der Waals surface area contributed by atoms with Crippen molar-refractivity contribution in [1.82, 2.24) is 0 Å². The first kappa shape index (κ1) is 18.3. The van der Waals surface area contributed by atoms with Crippen LogP contribution in [-0.4, -0.2) is 21.5 Å². The molecule has 128 valence electrons. The average molecular weight is 424 g/mol. The number of carbonyl (C=O) groups excluding carboxylic acids is 1. The lowest BCUT2D eigenvalue weighted by Crippen LogP contribution is -2.16. The van der Waals surface area contributed by atoms with Gasteiger partial charge in [0.15, 0.2) is 17.5 Å². The number of ether oxygens (including phenoxy) is 1. The van der Waals surface area contributed by atoms with Gasteiger partial charge in [-0.15, -0.1) is 0 Å². The van der Waals surface area contributed by atoms with Crippen LogP contribution in [0, 0.1) is 17.5 Å². The molecule has 24 heavy (non-hydrogen) atoms. The topological polar surface area (TPSA) is 72.5 Å². The summed E-state index contributed by atoms with van der Waals surface area (Å²) in [6.07, 6.45) is 0. The summed E-state index contributed by atoms with van der Waals surface area (Å²) in [4.78, 5) is 11.2. The highest BCUT2D eigenvalue weighted by Gasteiger charge is 2.22. The minimum Gasteiger partial charge on any atom is -0.465 e. The lowest BCUT2D eigenvalue weighted by atomic mass is 10.2. The van der Waals surface area contributed by atoms with Gasteiger partial charge in [-0.25, -0.2) is 26.4 Å². The molecule has 0 bridgehead atoms. The van der Waals surface area contributed by atoms with E-state index in [1.165, 1.54) is 6.07 Å². The summed E-state index contributed by atoms with van der Waals surface area (Å²) in [7, 11) is -3.24. The Hall–Kier alpha value is -2.07. The molecule has 0 radical (unpaired) electrons. The Morgan fingerprint density at radius 3 is 2.42 bits per heavy atom. The molecule has 0 unspecified atom stereocenters. The van der Waals surface area contributed by atoms with Gasteiger partial charge in [-0.2, -0.15) is 0 Å². The second-order valence-corrected chi connectivity index (χ2v) is 7.00. The van der Waals surface area contributed by atoms with Crippen LogP contribution >= 0.6 is 15.9 Å². The van der Waals surface area contributed by atoms with Gasteiger partial charge < -0.3 is 4.74 Å². The monoisotopic (exact) mass is 423 g/mol. The fourth-order valence-electron chi connectivity index (χ4n) is 1.75. The second kappa shape index (κ2) is 6.81. The van der Waals surface area contributed by atoms with Crippen molar-refractivity contribution in [3.05, 3.63) is 57.8 Å². The Bertz CT molecular complexity index is 918. The normalized spacial score (nSPS) is 11.2. The molecule has 0 aliphatic heterocycles. The minimum atomic E-state index is -4.35. The van der Waals surface area contributed by atoms with Gasteiger partial charge in [0.2, 0.25) is 0 Å². The molecule has 0 atom stereocenters. The molecule has 2 rings (SSSR count). The van der Waals surface area contributed by atoms with Gasteiger partial charge in [-0.3, -0.25) is 4.72 Å². The van der Waals surface area contributed by atoms with Crippen LogP contribution in [0.5, 0.6) is 0 Å². The van der Waals surface area contributed by atoms with E-state index >= 15 is 0 Å². The molecule has 0 saturated heterocycles. The van der Waals surface area contributed by atoms with Crippen molar-refractivity contribution in [2.24, 2.45) is 0 Å². The highest BCUT2D eigenvalue weighted by Crippen LogP contribution is 2.25. The SMILES string of the molecule is COC(=O)c1cc(S(=O)(=O)Nc2ccc(F)c(F)c2F)ccc1Br. The first-order chi connectivity index (χ1) is 11.2. The van der Waals surface area contributed by atoms with E-state index in [1.807, 2.05) is 0 Å². The molecule has 0 aliphatic carbocycles. The summed E-state index contributed by atoms with van der Waals surface area (Å²) in [5, 5.41) is 0. The van der Waals surface area contributed by atoms with Crippen molar-refractivity contribution in [2.45, 2.75) is 4.90 Å². The number of benzene rings is 2. The van der Waals surface area contributed by atoms with E-state index in [0.29, 0.717) is 6.07 Å². The standard InChI is InChI=1S/C14H9BrF3NO4S/c1-23-14(20)8-6-7(2-3-9(8)15)24(21,22)19-11-5-4-10(16)12(17)13(11)18/h2-6,19H,1H3. The molecule has 0 aromatic heterocycles. The zero-order chi connectivity index (χ0) is 18.1. The maximum atomic E-state index is 13.6. The fourth-order valence-corrected chi connectivity index (χ4v) is 3.24. The molecule has 2 aromatic rings. The molecular weight excluding hydrogens is 415 g/mol. The highest BCUT2D eigenvalue weighted by molar-refractivity contribution is 9.10. The molecule has 0 aliphatic rings. The largest absolute Gasteiger partial charge is 0.465 e. The van der Waals surface area contributed by atoms with Crippen molar-refractivity contribution >= 4 is 37.6 Å². The van der Waals surface area contributed by atoms with E-state index in [0.717, 1.165) is 25.3 Å². The molecule has 0 heterocycles. The van der Waals surface area contributed by atoms with Crippen molar-refractivity contribution < 1.29 is 31.1 Å². The van der Waals surface area contributed by atoms with Gasteiger partial charge in [0, 0.05) is 4.47 Å². The summed E-state index contributed by atoms with van der Waals surface area (Å²) in [5.74, 6) is -5.73. The Balaban J connectivity index is 2.45. The van der Waals surface area contributed by atoms with Gasteiger partial charge in [0.25, 0.3) is 10.0 Å². The van der Waals surface area contributed by atoms with E-state index in [9.17, 15) is 26.4 Å². The summed E-state index contributed by atoms with van der Waals surface area (Å²) in [5.41, 5.74) is -0.845. The number of hydrogen-bond donors (Lipinski definition) is 1. The van der Waals surface area contributed by atoms with E-state index in [2.05, 4.69) is 20.7 Å². The molecule has 10 heteroatoms. The van der Waals surface area contributed by atoms with Crippen molar-refractivity contribution in [2.75, 3.05) is 11.8 Å². The number of sulfonamides is 1. The predicted molar refractivity (Wildman–Crippen MR) is 82.6 cm³/mol. The smallest absolute Gasteiger partial charge is 0.339 e. The van der Waals surface area contributed by atoms with Crippen LogP contribution in [-0.2, 0) is 14.8 Å². The summed E-state index contributed by atoms with van der Waals surface area (Å²) in [6.45, 7) is 0. The Morgan fingerprint density at radius 1 is 1.12 bits per heavy atom. The van der Waals surface area contributed by atoms with Crippen molar-refractivity contribution in [1.29, 1.82) is 0 Å². The number of anilines is 1. The van der Waals surface area contributed by atoms with Crippen LogP contribution in [0.1, 0.15) is 10.4 Å². The number of rotatable bonds is 4. The lowest BCUT2D eigenvalue weighted by molar-refractivity contribution is 0.0599. The number of esters is 1. The van der Waals surface area contributed by atoms with Crippen LogP contribution in [0.15, 0.2) is 39.7 Å². The third-order valence-electron chi connectivity index (χ3n) is 2.93. The van der Waals surface area contributed by atoms with Crippen LogP contribution in [0.25, 0.3) is 0 Å². The Labute approximate surface area is 143 Å².